The molecule has 0 spiro atoms. The molecular weight excluding hydrogens is 288 g/mol. The Morgan fingerprint density at radius 2 is 1.75 bits per heavy atom. The van der Waals surface area contributed by atoms with Crippen molar-refractivity contribution in [3.05, 3.63) is 48.1 Å². The first-order valence-corrected chi connectivity index (χ1v) is 9.94. The van der Waals surface area contributed by atoms with Crippen molar-refractivity contribution >= 4 is 0 Å². The van der Waals surface area contributed by atoms with Crippen LogP contribution in [0.4, 0.5) is 0 Å². The highest BCUT2D eigenvalue weighted by molar-refractivity contribution is 5.24. The topological polar surface area (TPSA) is 0 Å². The summed E-state index contributed by atoms with van der Waals surface area (Å²) in [5.41, 5.74) is 2.81. The molecule has 24 heavy (non-hydrogen) atoms. The van der Waals surface area contributed by atoms with Crippen LogP contribution < -0.4 is 0 Å². The molecule has 0 bridgehead atoms. The predicted octanol–water partition coefficient (Wildman–Crippen LogP) is 7.60. The molecular formula is C24H40. The van der Waals surface area contributed by atoms with Crippen LogP contribution in [0, 0.1) is 35.5 Å². The van der Waals surface area contributed by atoms with Crippen molar-refractivity contribution in [1.82, 2.24) is 0 Å². The Labute approximate surface area is 151 Å². The van der Waals surface area contributed by atoms with Gasteiger partial charge in [0.2, 0.25) is 0 Å². The van der Waals surface area contributed by atoms with Gasteiger partial charge < -0.3 is 0 Å². The molecule has 0 radical (unpaired) electrons. The first-order chi connectivity index (χ1) is 11.3. The van der Waals surface area contributed by atoms with Crippen molar-refractivity contribution in [3.63, 3.8) is 0 Å². The largest absolute Gasteiger partial charge is 0.0961 e. The van der Waals surface area contributed by atoms with E-state index in [9.17, 15) is 0 Å². The third-order valence-corrected chi connectivity index (χ3v) is 5.65. The van der Waals surface area contributed by atoms with Crippen molar-refractivity contribution in [2.24, 2.45) is 35.5 Å². The maximum atomic E-state index is 4.07. The summed E-state index contributed by atoms with van der Waals surface area (Å²) in [5.74, 6) is 4.11. The third-order valence-electron chi connectivity index (χ3n) is 5.65. The van der Waals surface area contributed by atoms with Gasteiger partial charge in [-0.2, -0.15) is 0 Å². The van der Waals surface area contributed by atoms with Crippen LogP contribution in [0.15, 0.2) is 48.1 Å². The van der Waals surface area contributed by atoms with Crippen LogP contribution in [-0.4, -0.2) is 0 Å². The summed E-state index contributed by atoms with van der Waals surface area (Å²) in [4.78, 5) is 0. The van der Waals surface area contributed by atoms with Gasteiger partial charge >= 0.3 is 0 Å². The average Bonchev–Trinajstić information content (AvgIpc) is 3.35. The SMILES string of the molecule is C=C(C)C=CC(C(=CC(C)CC=CC)C(C)C(C)C)C(C)C1CC1. The van der Waals surface area contributed by atoms with E-state index in [-0.39, 0.29) is 0 Å². The van der Waals surface area contributed by atoms with E-state index in [0.717, 1.165) is 23.8 Å². The Morgan fingerprint density at radius 3 is 2.21 bits per heavy atom. The summed E-state index contributed by atoms with van der Waals surface area (Å²) < 4.78 is 0. The van der Waals surface area contributed by atoms with E-state index in [4.69, 9.17) is 0 Å². The first-order valence-electron chi connectivity index (χ1n) is 9.94. The number of rotatable bonds is 10. The predicted molar refractivity (Wildman–Crippen MR) is 110 cm³/mol. The summed E-state index contributed by atoms with van der Waals surface area (Å²) in [6.07, 6.45) is 15.7. The lowest BCUT2D eigenvalue weighted by Crippen LogP contribution is -2.22. The average molecular weight is 329 g/mol. The maximum absolute atomic E-state index is 4.07. The van der Waals surface area contributed by atoms with Crippen molar-refractivity contribution in [2.75, 3.05) is 0 Å². The molecule has 0 nitrogen and oxygen atoms in total. The molecule has 1 fully saturated rings. The molecule has 1 aliphatic carbocycles. The van der Waals surface area contributed by atoms with Gasteiger partial charge in [0.05, 0.1) is 0 Å². The highest BCUT2D eigenvalue weighted by atomic mass is 14.4. The van der Waals surface area contributed by atoms with Gasteiger partial charge in [-0.3, -0.25) is 0 Å². The quantitative estimate of drug-likeness (QED) is 0.286. The Kier molecular flexibility index (Phi) is 8.81. The molecule has 0 aromatic heterocycles. The fourth-order valence-electron chi connectivity index (χ4n) is 3.47. The summed E-state index contributed by atoms with van der Waals surface area (Å²) >= 11 is 0. The summed E-state index contributed by atoms with van der Waals surface area (Å²) in [6.45, 7) is 20.2. The lowest BCUT2D eigenvalue weighted by molar-refractivity contribution is 0.360. The van der Waals surface area contributed by atoms with Gasteiger partial charge in [-0.05, 0) is 62.7 Å². The molecule has 0 N–H and O–H groups in total. The van der Waals surface area contributed by atoms with Gasteiger partial charge in [-0.15, -0.1) is 0 Å². The lowest BCUT2D eigenvalue weighted by Gasteiger charge is -2.31. The van der Waals surface area contributed by atoms with E-state index in [1.54, 1.807) is 5.57 Å². The molecule has 0 amide bonds. The number of hydrogen-bond donors (Lipinski definition) is 0. The van der Waals surface area contributed by atoms with E-state index in [1.165, 1.54) is 12.8 Å². The smallest absolute Gasteiger partial charge is 0.00111 e. The minimum Gasteiger partial charge on any atom is -0.0961 e. The third kappa shape index (κ3) is 6.83. The molecule has 0 aliphatic heterocycles. The summed E-state index contributed by atoms with van der Waals surface area (Å²) in [5, 5.41) is 0. The molecule has 1 rings (SSSR count). The Balaban J connectivity index is 3.16. The minimum atomic E-state index is 0.555. The highest BCUT2D eigenvalue weighted by Crippen LogP contribution is 2.45. The molecule has 0 heteroatoms. The zero-order valence-corrected chi connectivity index (χ0v) is 17.2. The fourth-order valence-corrected chi connectivity index (χ4v) is 3.47. The van der Waals surface area contributed by atoms with Gasteiger partial charge in [-0.25, -0.2) is 0 Å². The lowest BCUT2D eigenvalue weighted by atomic mass is 9.74. The zero-order chi connectivity index (χ0) is 18.3. The first kappa shape index (κ1) is 21.0. The standard InChI is InChI=1S/C24H40/c1-9-10-11-19(6)16-24(20(7)18(4)5)23(15-12-17(2)3)21(8)22-13-14-22/h9-10,12,15-16,18-23H,2,11,13-14H2,1,3-8H3. The second kappa shape index (κ2) is 10.1. The van der Waals surface area contributed by atoms with Gasteiger partial charge in [0.25, 0.3) is 0 Å². The van der Waals surface area contributed by atoms with Crippen molar-refractivity contribution < 1.29 is 0 Å². The molecule has 0 saturated heterocycles. The van der Waals surface area contributed by atoms with Crippen molar-refractivity contribution in [1.29, 1.82) is 0 Å². The second-order valence-corrected chi connectivity index (χ2v) is 8.41. The summed E-state index contributed by atoms with van der Waals surface area (Å²) in [7, 11) is 0. The van der Waals surface area contributed by atoms with E-state index < -0.39 is 0 Å². The van der Waals surface area contributed by atoms with Crippen LogP contribution >= 0.6 is 0 Å². The normalized spacial score (nSPS) is 21.4. The van der Waals surface area contributed by atoms with Crippen LogP contribution in [0.5, 0.6) is 0 Å². The maximum Gasteiger partial charge on any atom is 0.00111 e. The van der Waals surface area contributed by atoms with Crippen LogP contribution in [0.3, 0.4) is 0 Å². The van der Waals surface area contributed by atoms with Crippen LogP contribution in [0.2, 0.25) is 0 Å². The van der Waals surface area contributed by atoms with E-state index in [0.29, 0.717) is 23.7 Å². The van der Waals surface area contributed by atoms with Crippen LogP contribution in [0.25, 0.3) is 0 Å². The molecule has 0 aromatic rings. The van der Waals surface area contributed by atoms with Crippen molar-refractivity contribution in [2.45, 2.75) is 67.7 Å². The Bertz CT molecular complexity index is 470. The number of hydrogen-bond acceptors (Lipinski definition) is 0. The Morgan fingerprint density at radius 1 is 1.12 bits per heavy atom. The van der Waals surface area contributed by atoms with Gasteiger partial charge in [0.1, 0.15) is 0 Å². The fraction of sp³-hybridized carbons (Fsp3) is 0.667. The highest BCUT2D eigenvalue weighted by Gasteiger charge is 2.35. The van der Waals surface area contributed by atoms with E-state index in [1.807, 2.05) is 0 Å². The van der Waals surface area contributed by atoms with Gasteiger partial charge in [0.15, 0.2) is 0 Å². The number of allylic oxidation sites excluding steroid dienone is 7. The minimum absolute atomic E-state index is 0.555. The molecule has 136 valence electrons. The molecule has 0 aromatic carbocycles. The Hall–Kier alpha value is -1.04. The van der Waals surface area contributed by atoms with Gasteiger partial charge in [-0.1, -0.05) is 82.7 Å². The molecule has 0 heterocycles. The zero-order valence-electron chi connectivity index (χ0n) is 17.2. The van der Waals surface area contributed by atoms with Crippen molar-refractivity contribution in [3.8, 4) is 0 Å². The molecule has 4 unspecified atom stereocenters. The molecule has 4 atom stereocenters. The van der Waals surface area contributed by atoms with E-state index in [2.05, 4.69) is 85.4 Å². The molecule has 1 aliphatic rings. The van der Waals surface area contributed by atoms with Gasteiger partial charge in [0, 0.05) is 5.92 Å². The van der Waals surface area contributed by atoms with E-state index >= 15 is 0 Å². The van der Waals surface area contributed by atoms with Crippen LogP contribution in [0.1, 0.15) is 67.7 Å². The van der Waals surface area contributed by atoms with Crippen LogP contribution in [-0.2, 0) is 0 Å². The second-order valence-electron chi connectivity index (χ2n) is 8.41. The molecule has 1 saturated carbocycles. The summed E-state index contributed by atoms with van der Waals surface area (Å²) in [6, 6.07) is 0. The monoisotopic (exact) mass is 328 g/mol.